The molecule has 16 heavy (non-hydrogen) atoms. The van der Waals surface area contributed by atoms with Crippen LogP contribution in [0.2, 0.25) is 0 Å². The molecule has 0 fully saturated rings. The highest BCUT2D eigenvalue weighted by Gasteiger charge is 2.16. The van der Waals surface area contributed by atoms with Gasteiger partial charge in [0, 0.05) is 16.8 Å². The second kappa shape index (κ2) is 3.36. The van der Waals surface area contributed by atoms with Crippen LogP contribution in [0.15, 0.2) is 35.2 Å². The molecule has 0 radical (unpaired) electrons. The summed E-state index contributed by atoms with van der Waals surface area (Å²) in [7, 11) is -4.33. The van der Waals surface area contributed by atoms with Gasteiger partial charge in [-0.15, -0.1) is 0 Å². The van der Waals surface area contributed by atoms with Gasteiger partial charge in [-0.2, -0.15) is 8.42 Å². The van der Waals surface area contributed by atoms with Crippen LogP contribution in [-0.4, -0.2) is 13.0 Å². The van der Waals surface area contributed by atoms with Gasteiger partial charge in [0.2, 0.25) is 0 Å². The van der Waals surface area contributed by atoms with E-state index in [9.17, 15) is 8.42 Å². The van der Waals surface area contributed by atoms with Crippen molar-refractivity contribution in [3.8, 4) is 0 Å². The van der Waals surface area contributed by atoms with Gasteiger partial charge in [0.05, 0.1) is 0 Å². The lowest BCUT2D eigenvalue weighted by Crippen LogP contribution is -2.02. The predicted octanol–water partition coefficient (Wildman–Crippen LogP) is 1.25. The van der Waals surface area contributed by atoms with Crippen LogP contribution in [0.4, 0.5) is 11.4 Å². The average molecular weight is 238 g/mol. The molecule has 2 aromatic rings. The summed E-state index contributed by atoms with van der Waals surface area (Å²) in [6, 6.07) is 7.71. The molecule has 0 spiro atoms. The number of benzene rings is 2. The minimum atomic E-state index is -4.33. The Morgan fingerprint density at radius 2 is 1.81 bits per heavy atom. The molecule has 0 bridgehead atoms. The van der Waals surface area contributed by atoms with E-state index in [1.165, 1.54) is 6.07 Å². The van der Waals surface area contributed by atoms with Crippen LogP contribution < -0.4 is 11.5 Å². The van der Waals surface area contributed by atoms with Gasteiger partial charge in [0.25, 0.3) is 10.1 Å². The van der Waals surface area contributed by atoms with E-state index in [0.717, 1.165) is 0 Å². The number of fused-ring (bicyclic) bond motifs is 1. The Kier molecular flexibility index (Phi) is 2.25. The molecule has 6 heteroatoms. The van der Waals surface area contributed by atoms with Gasteiger partial charge < -0.3 is 11.5 Å². The molecule has 0 unspecified atom stereocenters. The second-order valence-corrected chi connectivity index (χ2v) is 4.83. The Bertz CT molecular complexity index is 665. The first-order chi connectivity index (χ1) is 7.39. The third kappa shape index (κ3) is 1.68. The maximum atomic E-state index is 11.2. The maximum Gasteiger partial charge on any atom is 0.295 e. The monoisotopic (exact) mass is 238 g/mol. The fraction of sp³-hybridized carbons (Fsp3) is 0. The van der Waals surface area contributed by atoms with Crippen molar-refractivity contribution in [2.45, 2.75) is 4.90 Å². The fourth-order valence-electron chi connectivity index (χ4n) is 1.64. The van der Waals surface area contributed by atoms with Crippen molar-refractivity contribution >= 4 is 32.3 Å². The van der Waals surface area contributed by atoms with E-state index in [4.69, 9.17) is 16.0 Å². The van der Waals surface area contributed by atoms with Crippen molar-refractivity contribution < 1.29 is 13.0 Å². The lowest BCUT2D eigenvalue weighted by molar-refractivity contribution is 0.484. The summed E-state index contributed by atoms with van der Waals surface area (Å²) in [4.78, 5) is -0.263. The van der Waals surface area contributed by atoms with Gasteiger partial charge in [0.15, 0.2) is 0 Å². The van der Waals surface area contributed by atoms with E-state index in [2.05, 4.69) is 0 Å². The van der Waals surface area contributed by atoms with Crippen LogP contribution in [0, 0.1) is 0 Å². The van der Waals surface area contributed by atoms with Crippen LogP contribution in [-0.2, 0) is 10.1 Å². The lowest BCUT2D eigenvalue weighted by atomic mass is 10.1. The Morgan fingerprint density at radius 3 is 2.44 bits per heavy atom. The number of anilines is 2. The highest BCUT2D eigenvalue weighted by Crippen LogP contribution is 2.30. The molecule has 5 N–H and O–H groups in total. The van der Waals surface area contributed by atoms with Crippen LogP contribution in [0.3, 0.4) is 0 Å². The molecule has 0 atom stereocenters. The first-order valence-electron chi connectivity index (χ1n) is 4.45. The first-order valence-corrected chi connectivity index (χ1v) is 5.89. The average Bonchev–Trinajstić information content (AvgIpc) is 2.15. The molecule has 2 rings (SSSR count). The lowest BCUT2D eigenvalue weighted by Gasteiger charge is -2.08. The van der Waals surface area contributed by atoms with Gasteiger partial charge in [-0.05, 0) is 23.6 Å². The molecule has 0 saturated heterocycles. The Morgan fingerprint density at radius 1 is 1.12 bits per heavy atom. The molecule has 2 aromatic carbocycles. The van der Waals surface area contributed by atoms with Gasteiger partial charge in [-0.25, -0.2) is 0 Å². The van der Waals surface area contributed by atoms with E-state index in [-0.39, 0.29) is 16.3 Å². The topological polar surface area (TPSA) is 106 Å². The molecule has 0 amide bonds. The molecule has 0 aliphatic rings. The third-order valence-electron chi connectivity index (χ3n) is 2.27. The predicted molar refractivity (Wildman–Crippen MR) is 62.6 cm³/mol. The number of hydrogen-bond acceptors (Lipinski definition) is 4. The van der Waals surface area contributed by atoms with Gasteiger partial charge in [0.1, 0.15) is 4.90 Å². The summed E-state index contributed by atoms with van der Waals surface area (Å²) in [5, 5.41) is 0.867. The molecule has 0 aromatic heterocycles. The standard InChI is InChI=1S/C10H10N2O3S/c11-7-4-6-2-1-3-8(12)10(6)9(5-7)16(13,14)15/h1-5H,11-12H2,(H,13,14,15). The van der Waals surface area contributed by atoms with Crippen LogP contribution in [0.5, 0.6) is 0 Å². The number of nitrogens with two attached hydrogens (primary N) is 2. The maximum absolute atomic E-state index is 11.2. The van der Waals surface area contributed by atoms with Gasteiger partial charge >= 0.3 is 0 Å². The van der Waals surface area contributed by atoms with Crippen molar-refractivity contribution in [2.24, 2.45) is 0 Å². The van der Waals surface area contributed by atoms with Gasteiger partial charge in [-0.1, -0.05) is 12.1 Å². The van der Waals surface area contributed by atoms with Crippen molar-refractivity contribution in [1.29, 1.82) is 0 Å². The van der Waals surface area contributed by atoms with Crippen LogP contribution in [0.1, 0.15) is 0 Å². The number of rotatable bonds is 1. The summed E-state index contributed by atoms with van der Waals surface area (Å²) in [6.45, 7) is 0. The van der Waals surface area contributed by atoms with Crippen LogP contribution >= 0.6 is 0 Å². The summed E-state index contributed by atoms with van der Waals surface area (Å²) in [5.74, 6) is 0. The van der Waals surface area contributed by atoms with Crippen molar-refractivity contribution in [3.05, 3.63) is 30.3 Å². The second-order valence-electron chi connectivity index (χ2n) is 3.44. The van der Waals surface area contributed by atoms with E-state index in [0.29, 0.717) is 10.8 Å². The molecule has 0 heterocycles. The van der Waals surface area contributed by atoms with Crippen molar-refractivity contribution in [1.82, 2.24) is 0 Å². The number of hydrogen-bond donors (Lipinski definition) is 3. The SMILES string of the molecule is Nc1cc(S(=O)(=O)O)c2c(N)cccc2c1. The van der Waals surface area contributed by atoms with Crippen molar-refractivity contribution in [3.63, 3.8) is 0 Å². The van der Waals surface area contributed by atoms with Gasteiger partial charge in [-0.3, -0.25) is 4.55 Å². The zero-order chi connectivity index (χ0) is 11.9. The number of nitrogen functional groups attached to an aromatic ring is 2. The quantitative estimate of drug-likeness (QED) is 0.512. The first kappa shape index (κ1) is 10.7. The summed E-state index contributed by atoms with van der Waals surface area (Å²) in [6.07, 6.45) is 0. The molecule has 5 nitrogen and oxygen atoms in total. The zero-order valence-electron chi connectivity index (χ0n) is 8.21. The smallest absolute Gasteiger partial charge is 0.295 e. The van der Waals surface area contributed by atoms with E-state index in [1.807, 2.05) is 0 Å². The Balaban J connectivity index is 3.03. The van der Waals surface area contributed by atoms with E-state index in [1.54, 1.807) is 24.3 Å². The van der Waals surface area contributed by atoms with E-state index >= 15 is 0 Å². The minimum Gasteiger partial charge on any atom is -0.399 e. The third-order valence-corrected chi connectivity index (χ3v) is 3.15. The summed E-state index contributed by atoms with van der Waals surface area (Å²) in [5.41, 5.74) is 11.8. The zero-order valence-corrected chi connectivity index (χ0v) is 9.03. The summed E-state index contributed by atoms with van der Waals surface area (Å²) < 4.78 is 31.5. The molecule has 0 saturated carbocycles. The fourth-order valence-corrected chi connectivity index (χ4v) is 2.42. The largest absolute Gasteiger partial charge is 0.399 e. The highest BCUT2D eigenvalue weighted by atomic mass is 32.2. The molecule has 84 valence electrons. The Labute approximate surface area is 92.4 Å². The molecular formula is C10H10N2O3S. The minimum absolute atomic E-state index is 0.255. The molecule has 0 aliphatic carbocycles. The van der Waals surface area contributed by atoms with E-state index < -0.39 is 10.1 Å². The van der Waals surface area contributed by atoms with Crippen LogP contribution in [0.25, 0.3) is 10.8 Å². The summed E-state index contributed by atoms with van der Waals surface area (Å²) >= 11 is 0. The highest BCUT2D eigenvalue weighted by molar-refractivity contribution is 7.86. The molecular weight excluding hydrogens is 228 g/mol. The normalized spacial score (nSPS) is 11.8. The Hall–Kier alpha value is -1.79. The van der Waals surface area contributed by atoms with Crippen molar-refractivity contribution in [2.75, 3.05) is 11.5 Å². The molecule has 0 aliphatic heterocycles.